The Balaban J connectivity index is 0.000000147. The van der Waals surface area contributed by atoms with E-state index in [9.17, 15) is 0 Å². The maximum absolute atomic E-state index is 4.98. The summed E-state index contributed by atoms with van der Waals surface area (Å²) in [5.41, 5.74) is 5.75. The summed E-state index contributed by atoms with van der Waals surface area (Å²) in [7, 11) is 0. The molecule has 1 fully saturated rings. The zero-order chi connectivity index (χ0) is 13.9. The molecule has 0 amide bonds. The van der Waals surface area contributed by atoms with Gasteiger partial charge in [-0.25, -0.2) is 0 Å². The van der Waals surface area contributed by atoms with E-state index in [1.807, 2.05) is 0 Å². The first kappa shape index (κ1) is 12.9. The van der Waals surface area contributed by atoms with E-state index < -0.39 is 0 Å². The Kier molecular flexibility index (Phi) is 3.53. The number of rotatable bonds is 2. The number of ether oxygens (including phenoxy) is 1. The van der Waals surface area contributed by atoms with E-state index in [0.29, 0.717) is 0 Å². The van der Waals surface area contributed by atoms with Crippen LogP contribution < -0.4 is 0 Å². The highest BCUT2D eigenvalue weighted by molar-refractivity contribution is 5.76. The van der Waals surface area contributed by atoms with Gasteiger partial charge in [0, 0.05) is 0 Å². The van der Waals surface area contributed by atoms with Crippen LogP contribution in [-0.2, 0) is 11.2 Å². The van der Waals surface area contributed by atoms with Crippen LogP contribution in [0.2, 0.25) is 0 Å². The standard InChI is InChI=1S/C13H10.C6H8O/c1-3-7-12-10(5-1)9-11-6-2-4-8-13(11)12;1-3-5-6(4-2)7-5/h1-8H,9H2;3-6H,1-2H2. The van der Waals surface area contributed by atoms with Crippen molar-refractivity contribution in [3.05, 3.63) is 85.0 Å². The molecular formula is C19H18O. The third-order valence-corrected chi connectivity index (χ3v) is 3.73. The topological polar surface area (TPSA) is 12.5 Å². The highest BCUT2D eigenvalue weighted by Crippen LogP contribution is 2.35. The molecule has 0 saturated carbocycles. The van der Waals surface area contributed by atoms with Crippen LogP contribution in [0.15, 0.2) is 73.8 Å². The van der Waals surface area contributed by atoms with E-state index >= 15 is 0 Å². The summed E-state index contributed by atoms with van der Waals surface area (Å²) in [6.45, 7) is 7.10. The lowest BCUT2D eigenvalue weighted by Crippen LogP contribution is -1.79. The van der Waals surface area contributed by atoms with Crippen LogP contribution in [0.4, 0.5) is 0 Å². The summed E-state index contributed by atoms with van der Waals surface area (Å²) < 4.78 is 4.98. The predicted molar refractivity (Wildman–Crippen MR) is 83.7 cm³/mol. The molecule has 2 aromatic rings. The lowest BCUT2D eigenvalue weighted by molar-refractivity contribution is 0.414. The van der Waals surface area contributed by atoms with Gasteiger partial charge in [-0.2, -0.15) is 0 Å². The lowest BCUT2D eigenvalue weighted by atomic mass is 10.1. The van der Waals surface area contributed by atoms with E-state index in [0.717, 1.165) is 6.42 Å². The van der Waals surface area contributed by atoms with Gasteiger partial charge in [0.2, 0.25) is 0 Å². The summed E-state index contributed by atoms with van der Waals surface area (Å²) in [6.07, 6.45) is 5.19. The van der Waals surface area contributed by atoms with Crippen LogP contribution >= 0.6 is 0 Å². The Morgan fingerprint density at radius 1 is 0.800 bits per heavy atom. The molecule has 0 bridgehead atoms. The Bertz CT molecular complexity index is 586. The monoisotopic (exact) mass is 262 g/mol. The maximum Gasteiger partial charge on any atom is 0.106 e. The molecule has 0 spiro atoms. The quantitative estimate of drug-likeness (QED) is 0.493. The van der Waals surface area contributed by atoms with Crippen LogP contribution in [0.25, 0.3) is 11.1 Å². The zero-order valence-corrected chi connectivity index (χ0v) is 11.5. The van der Waals surface area contributed by atoms with Crippen molar-refractivity contribution in [2.24, 2.45) is 0 Å². The molecule has 1 aliphatic carbocycles. The number of hydrogen-bond donors (Lipinski definition) is 0. The van der Waals surface area contributed by atoms with Gasteiger partial charge in [0.05, 0.1) is 0 Å². The van der Waals surface area contributed by atoms with E-state index in [2.05, 4.69) is 61.7 Å². The van der Waals surface area contributed by atoms with E-state index in [1.54, 1.807) is 12.2 Å². The van der Waals surface area contributed by atoms with Crippen molar-refractivity contribution in [2.75, 3.05) is 0 Å². The maximum atomic E-state index is 4.98. The molecule has 2 atom stereocenters. The Morgan fingerprint density at radius 2 is 1.25 bits per heavy atom. The molecule has 2 aliphatic rings. The summed E-state index contributed by atoms with van der Waals surface area (Å²) in [5.74, 6) is 0. The third-order valence-electron chi connectivity index (χ3n) is 3.73. The highest BCUT2D eigenvalue weighted by Gasteiger charge is 2.32. The van der Waals surface area contributed by atoms with Gasteiger partial charge in [0.1, 0.15) is 12.2 Å². The number of fused-ring (bicyclic) bond motifs is 3. The molecule has 2 unspecified atom stereocenters. The van der Waals surface area contributed by atoms with Crippen LogP contribution in [0.5, 0.6) is 0 Å². The molecule has 2 aromatic carbocycles. The second-order valence-corrected chi connectivity index (χ2v) is 5.03. The van der Waals surface area contributed by atoms with Crippen LogP contribution in [0, 0.1) is 0 Å². The summed E-state index contributed by atoms with van der Waals surface area (Å²) in [4.78, 5) is 0. The van der Waals surface area contributed by atoms with Crippen LogP contribution in [0.1, 0.15) is 11.1 Å². The molecule has 1 heterocycles. The average Bonchev–Trinajstić information content (AvgIpc) is 3.19. The average molecular weight is 262 g/mol. The second kappa shape index (κ2) is 5.48. The fraction of sp³-hybridized carbons (Fsp3) is 0.158. The molecule has 1 saturated heterocycles. The van der Waals surface area contributed by atoms with Gasteiger partial charge in [-0.3, -0.25) is 0 Å². The lowest BCUT2D eigenvalue weighted by Gasteiger charge is -1.98. The first-order valence-electron chi connectivity index (χ1n) is 6.90. The van der Waals surface area contributed by atoms with E-state index in [-0.39, 0.29) is 12.2 Å². The fourth-order valence-corrected chi connectivity index (χ4v) is 2.60. The molecule has 0 aromatic heterocycles. The SMILES string of the molecule is C=CC1OC1C=C.c1ccc2c(c1)Cc1ccccc1-2. The third kappa shape index (κ3) is 2.45. The van der Waals surface area contributed by atoms with Crippen molar-refractivity contribution < 1.29 is 4.74 Å². The Hall–Kier alpha value is -2.12. The van der Waals surface area contributed by atoms with Gasteiger partial charge >= 0.3 is 0 Å². The van der Waals surface area contributed by atoms with Crippen molar-refractivity contribution >= 4 is 0 Å². The smallest absolute Gasteiger partial charge is 0.106 e. The fourth-order valence-electron chi connectivity index (χ4n) is 2.60. The first-order valence-corrected chi connectivity index (χ1v) is 6.90. The molecule has 100 valence electrons. The molecule has 0 radical (unpaired) electrons. The molecule has 0 N–H and O–H groups in total. The van der Waals surface area contributed by atoms with Crippen molar-refractivity contribution in [1.82, 2.24) is 0 Å². The minimum absolute atomic E-state index is 0.262. The molecule has 1 heteroatoms. The molecule has 1 aliphatic heterocycles. The molecule has 20 heavy (non-hydrogen) atoms. The summed E-state index contributed by atoms with van der Waals surface area (Å²) in [6, 6.07) is 17.3. The van der Waals surface area contributed by atoms with Gasteiger partial charge < -0.3 is 4.74 Å². The van der Waals surface area contributed by atoms with Gasteiger partial charge in [0.25, 0.3) is 0 Å². The largest absolute Gasteiger partial charge is 0.361 e. The minimum Gasteiger partial charge on any atom is -0.361 e. The van der Waals surface area contributed by atoms with Crippen molar-refractivity contribution in [2.45, 2.75) is 18.6 Å². The predicted octanol–water partition coefficient (Wildman–Crippen LogP) is 4.38. The number of hydrogen-bond acceptors (Lipinski definition) is 1. The molecule has 4 rings (SSSR count). The number of epoxide rings is 1. The highest BCUT2D eigenvalue weighted by atomic mass is 16.6. The van der Waals surface area contributed by atoms with Gasteiger partial charge in [-0.15, -0.1) is 13.2 Å². The molecule has 1 nitrogen and oxygen atoms in total. The minimum atomic E-state index is 0.262. The number of benzene rings is 2. The van der Waals surface area contributed by atoms with Crippen LogP contribution in [0.3, 0.4) is 0 Å². The van der Waals surface area contributed by atoms with Gasteiger partial charge in [-0.1, -0.05) is 60.7 Å². The second-order valence-electron chi connectivity index (χ2n) is 5.03. The first-order chi connectivity index (χ1) is 9.83. The van der Waals surface area contributed by atoms with Crippen molar-refractivity contribution in [3.8, 4) is 11.1 Å². The van der Waals surface area contributed by atoms with Gasteiger partial charge in [-0.05, 0) is 28.7 Å². The summed E-state index contributed by atoms with van der Waals surface area (Å²) in [5, 5.41) is 0. The Morgan fingerprint density at radius 3 is 1.65 bits per heavy atom. The van der Waals surface area contributed by atoms with E-state index in [1.165, 1.54) is 22.3 Å². The van der Waals surface area contributed by atoms with Crippen molar-refractivity contribution in [3.63, 3.8) is 0 Å². The van der Waals surface area contributed by atoms with Crippen LogP contribution in [-0.4, -0.2) is 12.2 Å². The zero-order valence-electron chi connectivity index (χ0n) is 11.5. The van der Waals surface area contributed by atoms with Crippen molar-refractivity contribution in [1.29, 1.82) is 0 Å². The molecular weight excluding hydrogens is 244 g/mol. The normalized spacial score (nSPS) is 21.0. The Labute approximate surface area is 120 Å². The summed E-state index contributed by atoms with van der Waals surface area (Å²) >= 11 is 0. The van der Waals surface area contributed by atoms with E-state index in [4.69, 9.17) is 4.74 Å². The van der Waals surface area contributed by atoms with Gasteiger partial charge in [0.15, 0.2) is 0 Å².